The molecule has 4 aromatic carbocycles. The average Bonchev–Trinajstić information content (AvgIpc) is 3.10. The Morgan fingerprint density at radius 3 is 1.61 bits per heavy atom. The number of ketones is 1. The molecule has 0 radical (unpaired) electrons. The molecule has 4 aromatic rings. The van der Waals surface area contributed by atoms with Gasteiger partial charge in [-0.2, -0.15) is 0 Å². The van der Waals surface area contributed by atoms with Gasteiger partial charge in [-0.05, 0) is 63.8 Å². The average molecular weight is 605 g/mol. The molecule has 2 aliphatic heterocycles. The zero-order chi connectivity index (χ0) is 29.9. The minimum Gasteiger partial charge on any atom is -0.506 e. The number of aliphatic hydroxyl groups excluding tert-OH is 1. The standard InChI is InChI=1S/C40H28O2S2/c41-39-33(21-27-23-35(29-13-5-1-6-14-29)43-36(24-27)30-15-7-2-8-16-30)40(42)34(39)22-28-25-37(31-17-9-3-10-18-31)44-38(26-28)32-19-11-4-12-20-32/h1-26,35,41H/b33-21-. The van der Waals surface area contributed by atoms with Crippen LogP contribution < -0.4 is 0 Å². The third-order valence-corrected chi connectivity index (χ3v) is 10.1. The quantitative estimate of drug-likeness (QED) is 0.222. The summed E-state index contributed by atoms with van der Waals surface area (Å²) in [6, 6.07) is 41.1. The van der Waals surface area contributed by atoms with Gasteiger partial charge in [0.15, 0.2) is 0 Å². The summed E-state index contributed by atoms with van der Waals surface area (Å²) in [6.45, 7) is 0. The fraction of sp³-hybridized carbons (Fsp3) is 0.0250. The highest BCUT2D eigenvalue weighted by Crippen LogP contribution is 2.47. The van der Waals surface area contributed by atoms with Crippen LogP contribution in [0, 0.1) is 0 Å². The molecule has 0 bridgehead atoms. The van der Waals surface area contributed by atoms with Crippen LogP contribution in [0.5, 0.6) is 0 Å². The summed E-state index contributed by atoms with van der Waals surface area (Å²) >= 11 is 3.49. The first-order valence-corrected chi connectivity index (χ1v) is 16.2. The van der Waals surface area contributed by atoms with E-state index >= 15 is 0 Å². The minimum absolute atomic E-state index is 0.0371. The lowest BCUT2D eigenvalue weighted by molar-refractivity contribution is -0.113. The lowest BCUT2D eigenvalue weighted by Gasteiger charge is -2.24. The first kappa shape index (κ1) is 28.0. The zero-order valence-electron chi connectivity index (χ0n) is 23.8. The van der Waals surface area contributed by atoms with Gasteiger partial charge < -0.3 is 5.11 Å². The van der Waals surface area contributed by atoms with Crippen LogP contribution in [-0.4, -0.2) is 10.9 Å². The summed E-state index contributed by atoms with van der Waals surface area (Å²) in [7, 11) is 0. The second-order valence-corrected chi connectivity index (χ2v) is 12.9. The van der Waals surface area contributed by atoms with Crippen LogP contribution in [0.25, 0.3) is 14.7 Å². The topological polar surface area (TPSA) is 37.3 Å². The maximum absolute atomic E-state index is 13.5. The second-order valence-electron chi connectivity index (χ2n) is 10.6. The van der Waals surface area contributed by atoms with Crippen molar-refractivity contribution in [1.29, 1.82) is 0 Å². The molecule has 0 saturated heterocycles. The highest BCUT2D eigenvalue weighted by molar-refractivity contribution is 8.16. The smallest absolute Gasteiger partial charge is 0.200 e. The number of hydrogen-bond donors (Lipinski definition) is 1. The van der Waals surface area contributed by atoms with E-state index in [1.54, 1.807) is 23.5 Å². The van der Waals surface area contributed by atoms with Crippen molar-refractivity contribution in [3.63, 3.8) is 0 Å². The summed E-state index contributed by atoms with van der Waals surface area (Å²) in [5.41, 5.74) is 7.00. The van der Waals surface area contributed by atoms with E-state index < -0.39 is 0 Å². The molecule has 0 fully saturated rings. The van der Waals surface area contributed by atoms with Gasteiger partial charge >= 0.3 is 0 Å². The van der Waals surface area contributed by atoms with E-state index in [0.717, 1.165) is 42.6 Å². The van der Waals surface area contributed by atoms with E-state index in [-0.39, 0.29) is 16.8 Å². The SMILES string of the molecule is O=C1C(C=C2C=C(c3ccccc3)SC(c3ccccc3)=C2)=C(O)/C1=C/C1=CC(c2ccccc2)SC(c2ccccc2)=C1. The summed E-state index contributed by atoms with van der Waals surface area (Å²) in [4.78, 5) is 16.8. The first-order valence-electron chi connectivity index (χ1n) is 14.5. The van der Waals surface area contributed by atoms with Crippen LogP contribution in [0.15, 0.2) is 186 Å². The van der Waals surface area contributed by atoms with Crippen molar-refractivity contribution < 1.29 is 9.90 Å². The number of rotatable bonds is 6. The van der Waals surface area contributed by atoms with Gasteiger partial charge in [0.05, 0.1) is 16.4 Å². The van der Waals surface area contributed by atoms with Crippen LogP contribution in [0.1, 0.15) is 27.5 Å². The third kappa shape index (κ3) is 5.87. The van der Waals surface area contributed by atoms with Crippen molar-refractivity contribution >= 4 is 44.0 Å². The molecule has 0 spiro atoms. The molecule has 212 valence electrons. The van der Waals surface area contributed by atoms with Crippen molar-refractivity contribution in [3.05, 3.63) is 208 Å². The fourth-order valence-electron chi connectivity index (χ4n) is 5.37. The van der Waals surface area contributed by atoms with Gasteiger partial charge in [0, 0.05) is 14.7 Å². The Labute approximate surface area is 266 Å². The van der Waals surface area contributed by atoms with Gasteiger partial charge in [0.2, 0.25) is 5.78 Å². The maximum atomic E-state index is 13.5. The van der Waals surface area contributed by atoms with E-state index in [4.69, 9.17) is 0 Å². The van der Waals surface area contributed by atoms with Crippen molar-refractivity contribution in [2.45, 2.75) is 5.25 Å². The fourth-order valence-corrected chi connectivity index (χ4v) is 7.77. The minimum atomic E-state index is -0.150. The number of Topliss-reactive ketones (excluding diaryl/α,β-unsaturated/α-hetero) is 1. The molecular formula is C40H28O2S2. The highest BCUT2D eigenvalue weighted by Gasteiger charge is 2.33. The number of aliphatic hydroxyl groups is 1. The van der Waals surface area contributed by atoms with Crippen LogP contribution in [0.3, 0.4) is 0 Å². The number of benzene rings is 4. The molecule has 0 amide bonds. The Balaban J connectivity index is 1.25. The molecular weight excluding hydrogens is 577 g/mol. The summed E-state index contributed by atoms with van der Waals surface area (Å²) in [5, 5.41) is 11.3. The van der Waals surface area contributed by atoms with E-state index in [1.165, 1.54) is 5.56 Å². The van der Waals surface area contributed by atoms with Gasteiger partial charge in [-0.15, -0.1) is 11.8 Å². The van der Waals surface area contributed by atoms with Crippen LogP contribution in [-0.2, 0) is 4.79 Å². The Morgan fingerprint density at radius 1 is 0.591 bits per heavy atom. The van der Waals surface area contributed by atoms with Crippen molar-refractivity contribution in [1.82, 2.24) is 0 Å². The monoisotopic (exact) mass is 604 g/mol. The molecule has 1 N–H and O–H groups in total. The Hall–Kier alpha value is -4.77. The van der Waals surface area contributed by atoms with Crippen molar-refractivity contribution in [2.75, 3.05) is 0 Å². The maximum Gasteiger partial charge on any atom is 0.200 e. The Morgan fingerprint density at radius 2 is 1.09 bits per heavy atom. The van der Waals surface area contributed by atoms with Crippen LogP contribution in [0.4, 0.5) is 0 Å². The predicted octanol–water partition coefficient (Wildman–Crippen LogP) is 10.5. The number of carbonyl (C=O) groups excluding carboxylic acids is 1. The Bertz CT molecular complexity index is 1890. The molecule has 4 heteroatoms. The van der Waals surface area contributed by atoms with Gasteiger partial charge in [0.1, 0.15) is 5.76 Å². The molecule has 1 atom stereocenters. The highest BCUT2D eigenvalue weighted by atomic mass is 32.2. The molecule has 44 heavy (non-hydrogen) atoms. The molecule has 1 unspecified atom stereocenters. The van der Waals surface area contributed by atoms with Crippen LogP contribution in [0.2, 0.25) is 0 Å². The predicted molar refractivity (Wildman–Crippen MR) is 187 cm³/mol. The first-order chi connectivity index (χ1) is 21.6. The van der Waals surface area contributed by atoms with E-state index in [9.17, 15) is 9.90 Å². The summed E-state index contributed by atoms with van der Waals surface area (Å²) in [5.74, 6) is -0.113. The van der Waals surface area contributed by atoms with Gasteiger partial charge in [-0.25, -0.2) is 0 Å². The number of hydrogen-bond acceptors (Lipinski definition) is 4. The molecule has 3 aliphatic rings. The largest absolute Gasteiger partial charge is 0.506 e. The van der Waals surface area contributed by atoms with Gasteiger partial charge in [-0.3, -0.25) is 4.79 Å². The number of carbonyl (C=O) groups is 1. The molecule has 7 rings (SSSR count). The molecule has 1 aliphatic carbocycles. The number of allylic oxidation sites excluding steroid dienone is 9. The second kappa shape index (κ2) is 12.5. The van der Waals surface area contributed by atoms with E-state index in [2.05, 4.69) is 72.8 Å². The summed E-state index contributed by atoms with van der Waals surface area (Å²) < 4.78 is 0. The third-order valence-electron chi connectivity index (χ3n) is 7.64. The molecule has 2 nitrogen and oxygen atoms in total. The van der Waals surface area contributed by atoms with Crippen molar-refractivity contribution in [3.8, 4) is 0 Å². The molecule has 0 aromatic heterocycles. The normalized spacial score (nSPS) is 19.1. The zero-order valence-corrected chi connectivity index (χ0v) is 25.4. The van der Waals surface area contributed by atoms with Crippen LogP contribution >= 0.6 is 23.5 Å². The van der Waals surface area contributed by atoms with Crippen molar-refractivity contribution in [2.24, 2.45) is 0 Å². The van der Waals surface area contributed by atoms with E-state index in [1.807, 2.05) is 84.9 Å². The van der Waals surface area contributed by atoms with Gasteiger partial charge in [0.25, 0.3) is 0 Å². The lowest BCUT2D eigenvalue weighted by Crippen LogP contribution is -2.21. The number of thioether (sulfide) groups is 2. The lowest BCUT2D eigenvalue weighted by atomic mass is 9.85. The Kier molecular flexibility index (Phi) is 7.93. The molecule has 2 heterocycles. The molecule has 0 saturated carbocycles. The summed E-state index contributed by atoms with van der Waals surface area (Å²) in [6.07, 6.45) is 12.1. The van der Waals surface area contributed by atoms with Gasteiger partial charge in [-0.1, -0.05) is 139 Å². The van der Waals surface area contributed by atoms with E-state index in [0.29, 0.717) is 11.1 Å².